The van der Waals surface area contributed by atoms with E-state index in [1.54, 1.807) is 24.3 Å². The van der Waals surface area contributed by atoms with E-state index in [-0.39, 0.29) is 5.75 Å². The van der Waals surface area contributed by atoms with Gasteiger partial charge in [0.1, 0.15) is 18.1 Å². The van der Waals surface area contributed by atoms with E-state index in [0.717, 1.165) is 11.3 Å². The van der Waals surface area contributed by atoms with Crippen LogP contribution in [0, 0.1) is 0 Å². The van der Waals surface area contributed by atoms with E-state index in [9.17, 15) is 5.11 Å². The predicted molar refractivity (Wildman–Crippen MR) is 87.9 cm³/mol. The Hall–Kier alpha value is -2.86. The molecule has 24 heavy (non-hydrogen) atoms. The number of benzene rings is 2. The third-order valence-corrected chi connectivity index (χ3v) is 3.28. The maximum atomic E-state index is 9.28. The van der Waals surface area contributed by atoms with Crippen molar-refractivity contribution in [1.82, 2.24) is 10.2 Å². The van der Waals surface area contributed by atoms with Gasteiger partial charge in [0.2, 0.25) is 11.8 Å². The number of hydrogen-bond acceptors (Lipinski definition) is 6. The van der Waals surface area contributed by atoms with Crippen LogP contribution >= 0.6 is 0 Å². The first-order valence-electron chi connectivity index (χ1n) is 7.68. The van der Waals surface area contributed by atoms with Crippen molar-refractivity contribution in [2.24, 2.45) is 0 Å². The van der Waals surface area contributed by atoms with Gasteiger partial charge in [-0.25, -0.2) is 0 Å². The Labute approximate surface area is 139 Å². The van der Waals surface area contributed by atoms with E-state index in [0.29, 0.717) is 38.0 Å². The third-order valence-electron chi connectivity index (χ3n) is 3.28. The molecule has 1 aromatic heterocycles. The molecule has 0 saturated heterocycles. The summed E-state index contributed by atoms with van der Waals surface area (Å²) in [5, 5.41) is 17.3. The molecule has 0 bridgehead atoms. The highest BCUT2D eigenvalue weighted by Crippen LogP contribution is 2.20. The van der Waals surface area contributed by atoms with Crippen molar-refractivity contribution in [3.8, 4) is 23.0 Å². The molecule has 0 saturated carbocycles. The molecule has 0 radical (unpaired) electrons. The molecule has 0 fully saturated rings. The fraction of sp³-hybridized carbons (Fsp3) is 0.222. The van der Waals surface area contributed by atoms with Crippen LogP contribution < -0.4 is 4.74 Å². The molecule has 0 amide bonds. The van der Waals surface area contributed by atoms with Gasteiger partial charge in [0, 0.05) is 12.0 Å². The number of phenols is 1. The first-order valence-corrected chi connectivity index (χ1v) is 7.68. The molecule has 0 aliphatic carbocycles. The maximum absolute atomic E-state index is 9.28. The van der Waals surface area contributed by atoms with Crippen LogP contribution in [-0.4, -0.2) is 35.1 Å². The SMILES string of the molecule is Oc1ccc(-c2nnc(CCOCCOc3ccccc3)o2)cc1. The van der Waals surface area contributed by atoms with Gasteiger partial charge in [-0.1, -0.05) is 18.2 Å². The average Bonchev–Trinajstić information content (AvgIpc) is 3.08. The average molecular weight is 326 g/mol. The Balaban J connectivity index is 1.37. The molecular formula is C18H18N2O4. The Morgan fingerprint density at radius 2 is 1.67 bits per heavy atom. The Morgan fingerprint density at radius 1 is 0.875 bits per heavy atom. The molecule has 0 aliphatic rings. The molecule has 1 heterocycles. The van der Waals surface area contributed by atoms with Crippen molar-refractivity contribution in [3.05, 3.63) is 60.5 Å². The highest BCUT2D eigenvalue weighted by Gasteiger charge is 2.08. The van der Waals surface area contributed by atoms with Crippen molar-refractivity contribution in [2.45, 2.75) is 6.42 Å². The minimum absolute atomic E-state index is 0.199. The van der Waals surface area contributed by atoms with Gasteiger partial charge in [-0.05, 0) is 36.4 Å². The van der Waals surface area contributed by atoms with E-state index in [4.69, 9.17) is 13.9 Å². The number of ether oxygens (including phenoxy) is 2. The maximum Gasteiger partial charge on any atom is 0.247 e. The fourth-order valence-electron chi connectivity index (χ4n) is 2.07. The zero-order valence-electron chi connectivity index (χ0n) is 13.1. The van der Waals surface area contributed by atoms with Crippen molar-refractivity contribution in [1.29, 1.82) is 0 Å². The summed E-state index contributed by atoms with van der Waals surface area (Å²) < 4.78 is 16.6. The second-order valence-corrected chi connectivity index (χ2v) is 5.07. The summed E-state index contributed by atoms with van der Waals surface area (Å²) in [4.78, 5) is 0. The minimum atomic E-state index is 0.199. The lowest BCUT2D eigenvalue weighted by Crippen LogP contribution is -2.08. The van der Waals surface area contributed by atoms with Gasteiger partial charge in [-0.15, -0.1) is 10.2 Å². The Bertz CT molecular complexity index is 741. The normalized spacial score (nSPS) is 10.7. The van der Waals surface area contributed by atoms with Crippen molar-refractivity contribution >= 4 is 0 Å². The number of rotatable bonds is 8. The Kier molecular flexibility index (Phi) is 5.42. The summed E-state index contributed by atoms with van der Waals surface area (Å²) in [5.74, 6) is 1.97. The lowest BCUT2D eigenvalue weighted by Gasteiger charge is -2.06. The lowest BCUT2D eigenvalue weighted by atomic mass is 10.2. The van der Waals surface area contributed by atoms with Crippen LogP contribution in [0.5, 0.6) is 11.5 Å². The van der Waals surface area contributed by atoms with Gasteiger partial charge in [-0.3, -0.25) is 0 Å². The molecular weight excluding hydrogens is 308 g/mol. The monoisotopic (exact) mass is 326 g/mol. The van der Waals surface area contributed by atoms with Crippen LogP contribution in [0.4, 0.5) is 0 Å². The van der Waals surface area contributed by atoms with E-state index in [1.807, 2.05) is 30.3 Å². The number of hydrogen-bond donors (Lipinski definition) is 1. The molecule has 0 atom stereocenters. The van der Waals surface area contributed by atoms with Crippen LogP contribution in [0.25, 0.3) is 11.5 Å². The van der Waals surface area contributed by atoms with Crippen LogP contribution in [0.15, 0.2) is 59.0 Å². The van der Waals surface area contributed by atoms with Gasteiger partial charge in [-0.2, -0.15) is 0 Å². The highest BCUT2D eigenvalue weighted by molar-refractivity contribution is 5.53. The van der Waals surface area contributed by atoms with Crippen LogP contribution in [-0.2, 0) is 11.2 Å². The topological polar surface area (TPSA) is 77.6 Å². The summed E-state index contributed by atoms with van der Waals surface area (Å²) in [6, 6.07) is 16.2. The van der Waals surface area contributed by atoms with Crippen molar-refractivity contribution in [3.63, 3.8) is 0 Å². The zero-order valence-corrected chi connectivity index (χ0v) is 13.1. The molecule has 124 valence electrons. The number of aromatic nitrogens is 2. The van der Waals surface area contributed by atoms with Gasteiger partial charge < -0.3 is 19.0 Å². The van der Waals surface area contributed by atoms with Crippen LogP contribution in [0.1, 0.15) is 5.89 Å². The van der Waals surface area contributed by atoms with E-state index < -0.39 is 0 Å². The van der Waals surface area contributed by atoms with Gasteiger partial charge >= 0.3 is 0 Å². The molecule has 0 spiro atoms. The second-order valence-electron chi connectivity index (χ2n) is 5.07. The number of phenolic OH excluding ortho intramolecular Hbond substituents is 1. The second kappa shape index (κ2) is 8.12. The quantitative estimate of drug-likeness (QED) is 0.641. The standard InChI is InChI=1S/C18H18N2O4/c21-15-8-6-14(7-9-15)18-20-19-17(24-18)10-11-22-12-13-23-16-4-2-1-3-5-16/h1-9,21H,10-13H2. The summed E-state index contributed by atoms with van der Waals surface area (Å²) in [7, 11) is 0. The molecule has 0 aliphatic heterocycles. The number of nitrogens with zero attached hydrogens (tertiary/aromatic N) is 2. The lowest BCUT2D eigenvalue weighted by molar-refractivity contribution is 0.0993. The molecule has 3 rings (SSSR count). The molecule has 6 heteroatoms. The van der Waals surface area contributed by atoms with Crippen LogP contribution in [0.2, 0.25) is 0 Å². The predicted octanol–water partition coefficient (Wildman–Crippen LogP) is 3.08. The highest BCUT2D eigenvalue weighted by atomic mass is 16.5. The molecule has 0 unspecified atom stereocenters. The number of para-hydroxylation sites is 1. The summed E-state index contributed by atoms with van der Waals surface area (Å²) >= 11 is 0. The molecule has 3 aromatic rings. The van der Waals surface area contributed by atoms with Crippen LogP contribution in [0.3, 0.4) is 0 Å². The number of aromatic hydroxyl groups is 1. The van der Waals surface area contributed by atoms with E-state index >= 15 is 0 Å². The van der Waals surface area contributed by atoms with E-state index in [1.165, 1.54) is 0 Å². The Morgan fingerprint density at radius 3 is 2.46 bits per heavy atom. The smallest absolute Gasteiger partial charge is 0.247 e. The van der Waals surface area contributed by atoms with Crippen molar-refractivity contribution < 1.29 is 19.0 Å². The third kappa shape index (κ3) is 4.57. The zero-order chi connectivity index (χ0) is 16.6. The first kappa shape index (κ1) is 16.0. The molecule has 2 aromatic carbocycles. The van der Waals surface area contributed by atoms with Gasteiger partial charge in [0.15, 0.2) is 0 Å². The van der Waals surface area contributed by atoms with E-state index in [2.05, 4.69) is 10.2 Å². The summed E-state index contributed by atoms with van der Waals surface area (Å²) in [6.45, 7) is 1.47. The van der Waals surface area contributed by atoms with Gasteiger partial charge in [0.05, 0.1) is 13.2 Å². The first-order chi connectivity index (χ1) is 11.8. The largest absolute Gasteiger partial charge is 0.508 e. The summed E-state index contributed by atoms with van der Waals surface area (Å²) in [5.41, 5.74) is 0.767. The van der Waals surface area contributed by atoms with Crippen molar-refractivity contribution in [2.75, 3.05) is 19.8 Å². The van der Waals surface area contributed by atoms with Gasteiger partial charge in [0.25, 0.3) is 0 Å². The molecule has 6 nitrogen and oxygen atoms in total. The fourth-order valence-corrected chi connectivity index (χ4v) is 2.07. The minimum Gasteiger partial charge on any atom is -0.508 e. The summed E-state index contributed by atoms with van der Waals surface area (Å²) in [6.07, 6.45) is 0.538. The molecule has 1 N–H and O–H groups in total.